The van der Waals surface area contributed by atoms with Gasteiger partial charge in [0.2, 0.25) is 9.84 Å². The Balaban J connectivity index is 1.49. The maximum Gasteiger partial charge on any atom is 0.207 e. The van der Waals surface area contributed by atoms with E-state index >= 15 is 0 Å². The molecule has 0 fully saturated rings. The molecule has 0 aliphatic heterocycles. The first-order chi connectivity index (χ1) is 23.1. The van der Waals surface area contributed by atoms with E-state index in [2.05, 4.69) is 72.8 Å². The molecular weight excluding hydrogens is 595 g/mol. The maximum absolute atomic E-state index is 14.4. The first-order valence-corrected chi connectivity index (χ1v) is 17.1. The molecule has 4 heteroatoms. The van der Waals surface area contributed by atoms with E-state index < -0.39 is 9.84 Å². The van der Waals surface area contributed by atoms with Crippen LogP contribution in [-0.4, -0.2) is 13.4 Å². The lowest BCUT2D eigenvalue weighted by Gasteiger charge is -2.20. The number of pyridine rings is 1. The number of sulfone groups is 1. The van der Waals surface area contributed by atoms with Crippen molar-refractivity contribution in [3.8, 4) is 22.4 Å². The second-order valence-electron chi connectivity index (χ2n) is 11.8. The maximum atomic E-state index is 14.4. The number of aromatic nitrogens is 1. The molecule has 222 valence electrons. The lowest BCUT2D eigenvalue weighted by Crippen LogP contribution is -2.05. The molecule has 1 heterocycles. The van der Waals surface area contributed by atoms with E-state index in [1.54, 1.807) is 24.3 Å². The smallest absolute Gasteiger partial charge is 0.207 e. The normalized spacial score (nSPS) is 12.0. The van der Waals surface area contributed by atoms with Gasteiger partial charge in [0.1, 0.15) is 0 Å². The summed E-state index contributed by atoms with van der Waals surface area (Å²) in [7, 11) is -3.85. The molecule has 0 amide bonds. The van der Waals surface area contributed by atoms with Crippen LogP contribution in [0.2, 0.25) is 0 Å². The van der Waals surface area contributed by atoms with E-state index in [1.165, 1.54) is 0 Å². The zero-order valence-electron chi connectivity index (χ0n) is 25.3. The highest BCUT2D eigenvalue weighted by molar-refractivity contribution is 7.92. The number of benzene rings is 8. The summed E-state index contributed by atoms with van der Waals surface area (Å²) in [5.41, 5.74) is 4.96. The number of para-hydroxylation sites is 1. The first kappa shape index (κ1) is 27.5. The van der Waals surface area contributed by atoms with Crippen LogP contribution < -0.4 is 0 Å². The Bertz CT molecular complexity index is 2730. The van der Waals surface area contributed by atoms with Gasteiger partial charge in [-0.15, -0.1) is 0 Å². The van der Waals surface area contributed by atoms with E-state index in [0.29, 0.717) is 15.7 Å². The Morgan fingerprint density at radius 1 is 0.426 bits per heavy atom. The zero-order valence-corrected chi connectivity index (χ0v) is 26.1. The van der Waals surface area contributed by atoms with Crippen molar-refractivity contribution in [2.75, 3.05) is 0 Å². The van der Waals surface area contributed by atoms with Gasteiger partial charge in [0, 0.05) is 32.5 Å². The van der Waals surface area contributed by atoms with Gasteiger partial charge < -0.3 is 0 Å². The number of nitrogens with zero attached hydrogens (tertiary/aromatic N) is 1. The molecule has 0 bridgehead atoms. The van der Waals surface area contributed by atoms with Gasteiger partial charge in [-0.1, -0.05) is 140 Å². The van der Waals surface area contributed by atoms with Gasteiger partial charge in [-0.2, -0.15) is 0 Å². The Hall–Kier alpha value is -5.84. The van der Waals surface area contributed by atoms with Crippen LogP contribution in [0.15, 0.2) is 174 Å². The fourth-order valence-electron chi connectivity index (χ4n) is 7.22. The molecule has 0 unspecified atom stereocenters. The predicted molar refractivity (Wildman–Crippen MR) is 195 cm³/mol. The summed E-state index contributed by atoms with van der Waals surface area (Å²) in [5, 5.41) is 8.73. The Morgan fingerprint density at radius 3 is 1.55 bits per heavy atom. The summed E-state index contributed by atoms with van der Waals surface area (Å²) in [6.45, 7) is 0. The molecule has 8 aromatic carbocycles. The minimum atomic E-state index is -3.85. The average molecular weight is 622 g/mol. The number of hydrogen-bond acceptors (Lipinski definition) is 3. The molecule has 0 saturated heterocycles. The predicted octanol–water partition coefficient (Wildman–Crippen LogP) is 11.0. The van der Waals surface area contributed by atoms with Gasteiger partial charge in [0.15, 0.2) is 0 Å². The zero-order chi connectivity index (χ0) is 31.5. The standard InChI is InChI=1S/C43H27NO2S/c45-47(46,29-17-5-2-6-18-29)43-34-23-11-9-21-32(34)40(33-22-10-12-24-35(33)43)37-27-38-41(31-20-8-7-19-30(31)37)36-25-13-14-26-39(36)44-42(38)28-15-3-1-4-16-28/h1-27H. The minimum Gasteiger partial charge on any atom is -0.247 e. The molecule has 0 radical (unpaired) electrons. The highest BCUT2D eigenvalue weighted by Gasteiger charge is 2.27. The Morgan fingerprint density at radius 2 is 0.915 bits per heavy atom. The lowest BCUT2D eigenvalue weighted by atomic mass is 9.86. The van der Waals surface area contributed by atoms with Crippen LogP contribution in [0, 0.1) is 0 Å². The summed E-state index contributed by atoms with van der Waals surface area (Å²) >= 11 is 0. The fourth-order valence-corrected chi connectivity index (χ4v) is 8.91. The highest BCUT2D eigenvalue weighted by atomic mass is 32.2. The van der Waals surface area contributed by atoms with E-state index in [4.69, 9.17) is 4.98 Å². The van der Waals surface area contributed by atoms with Gasteiger partial charge in [0.05, 0.1) is 21.0 Å². The van der Waals surface area contributed by atoms with Crippen LogP contribution in [0.3, 0.4) is 0 Å². The van der Waals surface area contributed by atoms with Crippen molar-refractivity contribution in [1.29, 1.82) is 0 Å². The van der Waals surface area contributed by atoms with Crippen molar-refractivity contribution in [2.45, 2.75) is 9.79 Å². The van der Waals surface area contributed by atoms with Gasteiger partial charge in [-0.3, -0.25) is 0 Å². The fraction of sp³-hybridized carbons (Fsp3) is 0. The SMILES string of the molecule is O=S(=O)(c1ccccc1)c1c2ccccc2c(-c2cc3c(-c4ccccc4)nc4ccccc4c3c3ccccc23)c2ccccc12. The van der Waals surface area contributed by atoms with Crippen LogP contribution in [0.25, 0.3) is 76.4 Å². The summed E-state index contributed by atoms with van der Waals surface area (Å²) in [4.78, 5) is 5.86. The van der Waals surface area contributed by atoms with Crippen LogP contribution >= 0.6 is 0 Å². The molecule has 0 N–H and O–H groups in total. The third-order valence-electron chi connectivity index (χ3n) is 9.23. The number of fused-ring (bicyclic) bond motifs is 7. The number of hydrogen-bond donors (Lipinski definition) is 0. The summed E-state index contributed by atoms with van der Waals surface area (Å²) in [5.74, 6) is 0. The third-order valence-corrected chi connectivity index (χ3v) is 11.1. The average Bonchev–Trinajstić information content (AvgIpc) is 3.13. The Labute approximate surface area is 272 Å². The van der Waals surface area contributed by atoms with Crippen molar-refractivity contribution in [3.05, 3.63) is 164 Å². The van der Waals surface area contributed by atoms with Crippen LogP contribution in [-0.2, 0) is 9.84 Å². The molecule has 3 nitrogen and oxygen atoms in total. The second-order valence-corrected chi connectivity index (χ2v) is 13.7. The lowest BCUT2D eigenvalue weighted by molar-refractivity contribution is 0.597. The van der Waals surface area contributed by atoms with E-state index in [-0.39, 0.29) is 4.90 Å². The van der Waals surface area contributed by atoms with Crippen molar-refractivity contribution >= 4 is 63.8 Å². The van der Waals surface area contributed by atoms with E-state index in [9.17, 15) is 8.42 Å². The monoisotopic (exact) mass is 621 g/mol. The Kier molecular flexibility index (Phi) is 6.21. The molecule has 47 heavy (non-hydrogen) atoms. The van der Waals surface area contributed by atoms with Crippen LogP contribution in [0.5, 0.6) is 0 Å². The summed E-state index contributed by atoms with van der Waals surface area (Å²) < 4.78 is 28.8. The molecule has 9 aromatic rings. The second kappa shape index (κ2) is 10.6. The van der Waals surface area contributed by atoms with E-state index in [1.807, 2.05) is 66.7 Å². The van der Waals surface area contributed by atoms with Crippen LogP contribution in [0.4, 0.5) is 0 Å². The van der Waals surface area contributed by atoms with Crippen molar-refractivity contribution in [3.63, 3.8) is 0 Å². The van der Waals surface area contributed by atoms with Crippen molar-refractivity contribution in [2.24, 2.45) is 0 Å². The molecular formula is C43H27NO2S. The molecule has 0 saturated carbocycles. The largest absolute Gasteiger partial charge is 0.247 e. The summed E-state index contributed by atoms with van der Waals surface area (Å²) in [6.07, 6.45) is 0. The van der Waals surface area contributed by atoms with Crippen LogP contribution in [0.1, 0.15) is 0 Å². The quantitative estimate of drug-likeness (QED) is 0.145. The van der Waals surface area contributed by atoms with Gasteiger partial charge in [-0.25, -0.2) is 13.4 Å². The third kappa shape index (κ3) is 4.19. The first-order valence-electron chi connectivity index (χ1n) is 15.6. The molecule has 0 aliphatic carbocycles. The van der Waals surface area contributed by atoms with Gasteiger partial charge >= 0.3 is 0 Å². The summed E-state index contributed by atoms with van der Waals surface area (Å²) in [6, 6.07) is 54.1. The molecule has 0 spiro atoms. The molecule has 0 aliphatic rings. The van der Waals surface area contributed by atoms with Gasteiger partial charge in [-0.05, 0) is 56.9 Å². The molecule has 0 atom stereocenters. The molecule has 1 aromatic heterocycles. The minimum absolute atomic E-state index is 0.282. The van der Waals surface area contributed by atoms with Crippen molar-refractivity contribution < 1.29 is 8.42 Å². The van der Waals surface area contributed by atoms with Gasteiger partial charge in [0.25, 0.3) is 0 Å². The topological polar surface area (TPSA) is 47.0 Å². The molecule has 9 rings (SSSR count). The van der Waals surface area contributed by atoms with E-state index in [0.717, 1.165) is 65.6 Å². The highest BCUT2D eigenvalue weighted by Crippen LogP contribution is 2.47. The van der Waals surface area contributed by atoms with Crippen molar-refractivity contribution in [1.82, 2.24) is 4.98 Å². The number of rotatable bonds is 4.